The van der Waals surface area contributed by atoms with Crippen LogP contribution in [0.3, 0.4) is 0 Å². The molecular formula is C17H24ClN. The third kappa shape index (κ3) is 6.14. The predicted octanol–water partition coefficient (Wildman–Crippen LogP) is -1.06. The normalized spacial score (nSPS) is 21.9. The molecule has 0 aliphatic carbocycles. The van der Waals surface area contributed by atoms with Gasteiger partial charge in [-0.3, -0.25) is 0 Å². The minimum absolute atomic E-state index is 0. The summed E-state index contributed by atoms with van der Waals surface area (Å²) in [6.45, 7) is 6.03. The van der Waals surface area contributed by atoms with Gasteiger partial charge in [0.1, 0.15) is 6.54 Å². The maximum absolute atomic E-state index is 3.36. The molecule has 0 radical (unpaired) electrons. The monoisotopic (exact) mass is 277 g/mol. The van der Waals surface area contributed by atoms with Crippen molar-refractivity contribution in [3.8, 4) is 11.8 Å². The van der Waals surface area contributed by atoms with Crippen LogP contribution in [0.2, 0.25) is 0 Å². The summed E-state index contributed by atoms with van der Waals surface area (Å²) in [7, 11) is 0. The summed E-state index contributed by atoms with van der Waals surface area (Å²) >= 11 is 0. The molecule has 1 nitrogen and oxygen atoms in total. The molecular weight excluding hydrogens is 254 g/mol. The van der Waals surface area contributed by atoms with Crippen molar-refractivity contribution >= 4 is 0 Å². The van der Waals surface area contributed by atoms with Gasteiger partial charge in [-0.05, 0) is 30.7 Å². The van der Waals surface area contributed by atoms with Crippen molar-refractivity contribution in [2.24, 2.45) is 5.92 Å². The first-order valence-electron chi connectivity index (χ1n) is 7.18. The number of rotatable bonds is 3. The van der Waals surface area contributed by atoms with Crippen LogP contribution in [0.25, 0.3) is 0 Å². The van der Waals surface area contributed by atoms with E-state index < -0.39 is 0 Å². The van der Waals surface area contributed by atoms with Crippen molar-refractivity contribution in [2.45, 2.75) is 32.6 Å². The Morgan fingerprint density at radius 2 is 2.00 bits per heavy atom. The summed E-state index contributed by atoms with van der Waals surface area (Å²) < 4.78 is 0. The molecule has 1 aromatic carbocycles. The van der Waals surface area contributed by atoms with Crippen LogP contribution < -0.4 is 17.3 Å². The Bertz CT molecular complexity index is 404. The summed E-state index contributed by atoms with van der Waals surface area (Å²) in [5.74, 6) is 7.57. The van der Waals surface area contributed by atoms with Crippen LogP contribution in [0.1, 0.15) is 31.7 Å². The lowest BCUT2D eigenvalue weighted by atomic mass is 10.0. The Morgan fingerprint density at radius 3 is 2.74 bits per heavy atom. The number of hydrogen-bond acceptors (Lipinski definition) is 0. The zero-order valence-electron chi connectivity index (χ0n) is 11.8. The molecule has 1 N–H and O–H groups in total. The summed E-state index contributed by atoms with van der Waals surface area (Å²) in [6, 6.07) is 10.6. The molecule has 2 rings (SSSR count). The minimum atomic E-state index is 0. The van der Waals surface area contributed by atoms with Gasteiger partial charge >= 0.3 is 0 Å². The molecule has 0 bridgehead atoms. The predicted molar refractivity (Wildman–Crippen MR) is 76.5 cm³/mol. The topological polar surface area (TPSA) is 4.44 Å². The van der Waals surface area contributed by atoms with Gasteiger partial charge in [-0.1, -0.05) is 43.2 Å². The Kier molecular flexibility index (Phi) is 7.63. The van der Waals surface area contributed by atoms with E-state index >= 15 is 0 Å². The highest BCUT2D eigenvalue weighted by Gasteiger charge is 2.17. The lowest BCUT2D eigenvalue weighted by molar-refractivity contribution is -0.901. The van der Waals surface area contributed by atoms with E-state index in [1.807, 2.05) is 0 Å². The largest absolute Gasteiger partial charge is 1.00 e. The number of benzene rings is 1. The van der Waals surface area contributed by atoms with Crippen molar-refractivity contribution in [1.82, 2.24) is 0 Å². The first-order valence-corrected chi connectivity index (χ1v) is 7.18. The van der Waals surface area contributed by atoms with Crippen molar-refractivity contribution in [1.29, 1.82) is 0 Å². The Balaban J connectivity index is 0.00000180. The smallest absolute Gasteiger partial charge is 0.139 e. The highest BCUT2D eigenvalue weighted by atomic mass is 35.5. The molecule has 2 unspecified atom stereocenters. The van der Waals surface area contributed by atoms with Gasteiger partial charge in [0.05, 0.1) is 13.1 Å². The van der Waals surface area contributed by atoms with Gasteiger partial charge in [-0.25, -0.2) is 0 Å². The summed E-state index contributed by atoms with van der Waals surface area (Å²) in [5, 5.41) is 0. The van der Waals surface area contributed by atoms with Crippen molar-refractivity contribution in [2.75, 3.05) is 19.6 Å². The van der Waals surface area contributed by atoms with Crippen LogP contribution in [0, 0.1) is 17.8 Å². The van der Waals surface area contributed by atoms with Crippen LogP contribution in [0.5, 0.6) is 0 Å². The molecule has 1 saturated heterocycles. The van der Waals surface area contributed by atoms with Crippen LogP contribution in [0.4, 0.5) is 0 Å². The molecule has 0 spiro atoms. The molecule has 1 aliphatic rings. The van der Waals surface area contributed by atoms with Crippen LogP contribution in [-0.4, -0.2) is 19.6 Å². The molecule has 104 valence electrons. The number of halogens is 1. The van der Waals surface area contributed by atoms with Crippen LogP contribution in [-0.2, 0) is 6.42 Å². The SMILES string of the molecule is CC1CCC[NH+](CC#CCCc2ccccc2)C1.[Cl-]. The van der Waals surface area contributed by atoms with E-state index in [1.54, 1.807) is 4.90 Å². The molecule has 1 heterocycles. The van der Waals surface area contributed by atoms with Gasteiger partial charge in [-0.15, -0.1) is 0 Å². The zero-order chi connectivity index (χ0) is 12.6. The zero-order valence-corrected chi connectivity index (χ0v) is 12.5. The quantitative estimate of drug-likeness (QED) is 0.672. The van der Waals surface area contributed by atoms with Crippen molar-refractivity contribution in [3.05, 3.63) is 35.9 Å². The highest BCUT2D eigenvalue weighted by Crippen LogP contribution is 2.04. The van der Waals surface area contributed by atoms with Gasteiger partial charge in [0.2, 0.25) is 0 Å². The van der Waals surface area contributed by atoms with Crippen LogP contribution in [0.15, 0.2) is 30.3 Å². The Labute approximate surface area is 123 Å². The maximum atomic E-state index is 3.36. The lowest BCUT2D eigenvalue weighted by Crippen LogP contribution is -3.13. The summed E-state index contributed by atoms with van der Waals surface area (Å²) in [6.07, 6.45) is 4.86. The molecule has 1 aliphatic heterocycles. The van der Waals surface area contributed by atoms with E-state index in [0.717, 1.165) is 25.3 Å². The van der Waals surface area contributed by atoms with E-state index in [4.69, 9.17) is 0 Å². The first kappa shape index (κ1) is 16.1. The standard InChI is InChI=1S/C17H23N.ClH/c1-16-9-8-14-18(15-16)13-7-3-6-12-17-10-4-2-5-11-17;/h2,4-5,10-11,16H,6,8-9,12-15H2,1H3;1H. The number of piperidine rings is 1. The summed E-state index contributed by atoms with van der Waals surface area (Å²) in [5.41, 5.74) is 1.39. The molecule has 2 atom stereocenters. The average Bonchev–Trinajstić information content (AvgIpc) is 2.40. The van der Waals surface area contributed by atoms with Gasteiger partial charge in [0.15, 0.2) is 0 Å². The molecule has 2 heteroatoms. The third-order valence-electron chi connectivity index (χ3n) is 3.71. The fourth-order valence-corrected chi connectivity index (χ4v) is 2.69. The number of hydrogen-bond donors (Lipinski definition) is 1. The van der Waals surface area contributed by atoms with Crippen molar-refractivity contribution in [3.63, 3.8) is 0 Å². The number of aryl methyl sites for hydroxylation is 1. The van der Waals surface area contributed by atoms with E-state index in [-0.39, 0.29) is 12.4 Å². The molecule has 0 amide bonds. The molecule has 1 aromatic rings. The molecule has 1 fully saturated rings. The first-order chi connectivity index (χ1) is 8.84. The third-order valence-corrected chi connectivity index (χ3v) is 3.71. The van der Waals surface area contributed by atoms with Gasteiger partial charge < -0.3 is 17.3 Å². The molecule has 19 heavy (non-hydrogen) atoms. The van der Waals surface area contributed by atoms with Gasteiger partial charge in [-0.2, -0.15) is 0 Å². The fraction of sp³-hybridized carbons (Fsp3) is 0.529. The maximum Gasteiger partial charge on any atom is 0.139 e. The molecule has 0 aromatic heterocycles. The number of nitrogens with one attached hydrogen (secondary N) is 1. The second kappa shape index (κ2) is 9.02. The average molecular weight is 278 g/mol. The number of likely N-dealkylation sites (tertiary alicyclic amines) is 1. The Morgan fingerprint density at radius 1 is 1.21 bits per heavy atom. The van der Waals surface area contributed by atoms with E-state index in [0.29, 0.717) is 0 Å². The van der Waals surface area contributed by atoms with Gasteiger partial charge in [0.25, 0.3) is 0 Å². The Hall–Kier alpha value is -0.970. The van der Waals surface area contributed by atoms with Crippen LogP contribution >= 0.6 is 0 Å². The van der Waals surface area contributed by atoms with E-state index in [9.17, 15) is 0 Å². The number of quaternary nitrogens is 1. The second-order valence-corrected chi connectivity index (χ2v) is 5.47. The molecule has 0 saturated carbocycles. The highest BCUT2D eigenvalue weighted by molar-refractivity contribution is 5.16. The van der Waals surface area contributed by atoms with Crippen molar-refractivity contribution < 1.29 is 17.3 Å². The summed E-state index contributed by atoms with van der Waals surface area (Å²) in [4.78, 5) is 1.68. The second-order valence-electron chi connectivity index (χ2n) is 5.47. The van der Waals surface area contributed by atoms with E-state index in [2.05, 4.69) is 49.1 Å². The van der Waals surface area contributed by atoms with Gasteiger partial charge in [0, 0.05) is 12.3 Å². The fourth-order valence-electron chi connectivity index (χ4n) is 2.69. The lowest BCUT2D eigenvalue weighted by Gasteiger charge is -2.26. The van der Waals surface area contributed by atoms with E-state index in [1.165, 1.54) is 31.5 Å². The minimum Gasteiger partial charge on any atom is -1.00 e.